The average molecular weight is 1410 g/mol. The highest BCUT2D eigenvalue weighted by molar-refractivity contribution is 7.47. The molecule has 0 saturated heterocycles. The summed E-state index contributed by atoms with van der Waals surface area (Å²) in [6, 6.07) is 0. The number of carbonyl (C=O) groups excluding carboxylic acids is 4. The molecule has 566 valence electrons. The van der Waals surface area contributed by atoms with E-state index in [-0.39, 0.29) is 25.7 Å². The van der Waals surface area contributed by atoms with Gasteiger partial charge in [-0.25, -0.2) is 9.13 Å². The van der Waals surface area contributed by atoms with Crippen LogP contribution in [0.15, 0.2) is 24.3 Å². The van der Waals surface area contributed by atoms with Crippen LogP contribution in [0.2, 0.25) is 0 Å². The molecular formula is C77H146O17P2. The molecule has 0 saturated carbocycles. The van der Waals surface area contributed by atoms with Crippen LogP contribution < -0.4 is 0 Å². The minimum atomic E-state index is -4.97. The molecule has 0 aromatic heterocycles. The topological polar surface area (TPSA) is 237 Å². The molecule has 3 N–H and O–H groups in total. The van der Waals surface area contributed by atoms with E-state index in [1.54, 1.807) is 0 Å². The Morgan fingerprint density at radius 3 is 0.854 bits per heavy atom. The number of ether oxygens (including phenoxy) is 4. The lowest BCUT2D eigenvalue weighted by molar-refractivity contribution is -0.161. The van der Waals surface area contributed by atoms with E-state index < -0.39 is 97.5 Å². The monoisotopic (exact) mass is 1410 g/mol. The molecule has 5 atom stereocenters. The van der Waals surface area contributed by atoms with E-state index in [0.717, 1.165) is 121 Å². The number of phosphoric ester groups is 2. The molecule has 0 fully saturated rings. The normalized spacial score (nSPS) is 14.2. The summed E-state index contributed by atoms with van der Waals surface area (Å²) in [5.41, 5.74) is 0. The van der Waals surface area contributed by atoms with Crippen LogP contribution in [0, 0.1) is 11.8 Å². The van der Waals surface area contributed by atoms with E-state index in [4.69, 9.17) is 37.0 Å². The van der Waals surface area contributed by atoms with Crippen molar-refractivity contribution in [3.63, 3.8) is 0 Å². The van der Waals surface area contributed by atoms with Crippen molar-refractivity contribution in [2.75, 3.05) is 39.6 Å². The second-order valence-electron chi connectivity index (χ2n) is 28.0. The number of aliphatic hydroxyl groups excluding tert-OH is 1. The fourth-order valence-electron chi connectivity index (χ4n) is 11.3. The molecule has 17 nitrogen and oxygen atoms in total. The Morgan fingerprint density at radius 1 is 0.323 bits per heavy atom. The average Bonchev–Trinajstić information content (AvgIpc) is 1.15. The zero-order valence-corrected chi connectivity index (χ0v) is 63.9. The van der Waals surface area contributed by atoms with Crippen molar-refractivity contribution in [3.05, 3.63) is 24.3 Å². The molecule has 19 heteroatoms. The quantitative estimate of drug-likeness (QED) is 0.0169. The molecule has 96 heavy (non-hydrogen) atoms. The van der Waals surface area contributed by atoms with Gasteiger partial charge in [0.15, 0.2) is 12.2 Å². The van der Waals surface area contributed by atoms with E-state index in [0.29, 0.717) is 25.7 Å². The van der Waals surface area contributed by atoms with Crippen LogP contribution in [0.3, 0.4) is 0 Å². The molecule has 0 aromatic carbocycles. The van der Waals surface area contributed by atoms with Gasteiger partial charge in [-0.2, -0.15) is 0 Å². The molecule has 2 unspecified atom stereocenters. The van der Waals surface area contributed by atoms with E-state index in [2.05, 4.69) is 65.8 Å². The Labute approximate surface area is 586 Å². The van der Waals surface area contributed by atoms with Gasteiger partial charge in [-0.05, 0) is 63.2 Å². The molecule has 0 aliphatic heterocycles. The fourth-order valence-corrected chi connectivity index (χ4v) is 12.9. The van der Waals surface area contributed by atoms with Crippen molar-refractivity contribution in [2.24, 2.45) is 11.8 Å². The van der Waals surface area contributed by atoms with Gasteiger partial charge in [0, 0.05) is 25.7 Å². The van der Waals surface area contributed by atoms with Crippen LogP contribution in [0.1, 0.15) is 375 Å². The Balaban J connectivity index is 5.27. The molecule has 0 aliphatic carbocycles. The van der Waals surface area contributed by atoms with Gasteiger partial charge in [0.1, 0.15) is 19.3 Å². The number of esters is 4. The fraction of sp³-hybridized carbons (Fsp3) is 0.896. The van der Waals surface area contributed by atoms with E-state index >= 15 is 0 Å². The minimum absolute atomic E-state index is 0.101. The molecule has 0 amide bonds. The maximum absolute atomic E-state index is 13.1. The van der Waals surface area contributed by atoms with Gasteiger partial charge in [0.05, 0.1) is 26.4 Å². The van der Waals surface area contributed by atoms with Crippen LogP contribution in [-0.2, 0) is 65.4 Å². The molecule has 0 rings (SSSR count). The number of unbranched alkanes of at least 4 members (excludes halogenated alkanes) is 41. The van der Waals surface area contributed by atoms with E-state index in [9.17, 15) is 43.2 Å². The number of allylic oxidation sites excluding steroid dienone is 4. The van der Waals surface area contributed by atoms with Gasteiger partial charge in [0.2, 0.25) is 0 Å². The maximum Gasteiger partial charge on any atom is 0.472 e. The Morgan fingerprint density at radius 2 is 0.562 bits per heavy atom. The summed E-state index contributed by atoms with van der Waals surface area (Å²) in [6.45, 7) is 9.55. The van der Waals surface area contributed by atoms with Crippen molar-refractivity contribution < 1.29 is 80.2 Å². The summed E-state index contributed by atoms with van der Waals surface area (Å²) in [5, 5.41) is 10.6. The van der Waals surface area contributed by atoms with Crippen molar-refractivity contribution >= 4 is 39.5 Å². The first kappa shape index (κ1) is 93.5. The Kier molecular flexibility index (Phi) is 66.6. The highest BCUT2D eigenvalue weighted by Crippen LogP contribution is 2.45. The van der Waals surface area contributed by atoms with Gasteiger partial charge < -0.3 is 33.8 Å². The molecule has 0 radical (unpaired) electrons. The minimum Gasteiger partial charge on any atom is -0.462 e. The zero-order valence-electron chi connectivity index (χ0n) is 62.2. The number of rotatable bonds is 74. The molecule has 0 spiro atoms. The number of aliphatic hydroxyl groups is 1. The highest BCUT2D eigenvalue weighted by atomic mass is 31.2. The molecule has 0 heterocycles. The Bertz CT molecular complexity index is 1950. The first-order valence-corrected chi connectivity index (χ1v) is 42.3. The largest absolute Gasteiger partial charge is 0.472 e. The lowest BCUT2D eigenvalue weighted by Gasteiger charge is -2.21. The smallest absolute Gasteiger partial charge is 0.462 e. The van der Waals surface area contributed by atoms with Crippen LogP contribution in [0.4, 0.5) is 0 Å². The number of phosphoric acid groups is 2. The highest BCUT2D eigenvalue weighted by Gasteiger charge is 2.30. The van der Waals surface area contributed by atoms with Crippen molar-refractivity contribution in [3.8, 4) is 0 Å². The summed E-state index contributed by atoms with van der Waals surface area (Å²) in [7, 11) is -9.92. The van der Waals surface area contributed by atoms with Crippen molar-refractivity contribution in [2.45, 2.75) is 394 Å². The molecule has 0 aromatic rings. The lowest BCUT2D eigenvalue weighted by Crippen LogP contribution is -2.30. The zero-order chi connectivity index (χ0) is 70.7. The second kappa shape index (κ2) is 68.3. The molecular weight excluding hydrogens is 1260 g/mol. The first-order chi connectivity index (χ1) is 46.4. The lowest BCUT2D eigenvalue weighted by atomic mass is 10.0. The van der Waals surface area contributed by atoms with Crippen LogP contribution in [0.5, 0.6) is 0 Å². The first-order valence-electron chi connectivity index (χ1n) is 39.3. The predicted octanol–water partition coefficient (Wildman–Crippen LogP) is 22.3. The van der Waals surface area contributed by atoms with Gasteiger partial charge in [0.25, 0.3) is 0 Å². The third kappa shape index (κ3) is 70.0. The molecule has 0 bridgehead atoms. The van der Waals surface area contributed by atoms with Crippen LogP contribution in [-0.4, -0.2) is 96.7 Å². The van der Waals surface area contributed by atoms with Gasteiger partial charge in [-0.3, -0.25) is 37.3 Å². The molecule has 0 aliphatic rings. The van der Waals surface area contributed by atoms with Crippen molar-refractivity contribution in [1.29, 1.82) is 0 Å². The standard InChI is InChI=1S/C77H146O17P2/c1-7-9-11-13-15-17-18-19-21-25-30-36-42-48-54-60-75(80)88-66-73(94-76(81)61-55-49-43-37-31-26-23-20-22-24-28-34-39-45-51-57-69(3)4)68-92-96(85,86)90-64-71(78)63-89-95(83,84)91-67-72(65-87-74(79)59-53-47-41-33-16-14-12-10-8-2)93-77(82)62-56-50-44-38-32-27-29-35-40-46-52-58-70(5)6/h17-19,21,69-73,78H,7-16,20,22-68H2,1-6H3,(H,83,84)(H,85,86)/b18-17-,21-19-/t71-,72+,73+/m0/s1. The number of carbonyl (C=O) groups is 4. The summed E-state index contributed by atoms with van der Waals surface area (Å²) >= 11 is 0. The summed E-state index contributed by atoms with van der Waals surface area (Å²) in [6.07, 6.45) is 59.0. The van der Waals surface area contributed by atoms with Gasteiger partial charge in [-0.15, -0.1) is 0 Å². The Hall–Kier alpha value is -2.46. The van der Waals surface area contributed by atoms with E-state index in [1.165, 1.54) is 173 Å². The summed E-state index contributed by atoms with van der Waals surface area (Å²) in [4.78, 5) is 72.8. The van der Waals surface area contributed by atoms with E-state index in [1.807, 2.05) is 0 Å². The third-order valence-corrected chi connectivity index (χ3v) is 19.2. The summed E-state index contributed by atoms with van der Waals surface area (Å²) < 4.78 is 68.5. The second-order valence-corrected chi connectivity index (χ2v) is 30.9. The van der Waals surface area contributed by atoms with Gasteiger partial charge >= 0.3 is 39.5 Å². The number of hydrogen-bond donors (Lipinski definition) is 3. The third-order valence-electron chi connectivity index (χ3n) is 17.3. The SMILES string of the molecule is CCCCCC/C=C\C=C/CCCCCCCC(=O)OC[C@H](COP(=O)(O)OC[C@@H](O)COP(=O)(O)OC[C@@H](COC(=O)CCCCCCCCCCC)OC(=O)CCCCCCCCCCCCCC(C)C)OC(=O)CCCCCCCCCCCCCCCCCC(C)C. The van der Waals surface area contributed by atoms with Gasteiger partial charge in [-0.1, -0.05) is 323 Å². The summed E-state index contributed by atoms with van der Waals surface area (Å²) in [5.74, 6) is -0.581. The number of hydrogen-bond acceptors (Lipinski definition) is 15. The van der Waals surface area contributed by atoms with Crippen LogP contribution in [0.25, 0.3) is 0 Å². The van der Waals surface area contributed by atoms with Crippen molar-refractivity contribution in [1.82, 2.24) is 0 Å². The maximum atomic E-state index is 13.1. The van der Waals surface area contributed by atoms with Crippen LogP contribution >= 0.6 is 15.6 Å². The predicted molar refractivity (Wildman–Crippen MR) is 391 cm³/mol.